The molecule has 2 heterocycles. The van der Waals surface area contributed by atoms with Crippen molar-refractivity contribution in [2.75, 3.05) is 0 Å². The van der Waals surface area contributed by atoms with Crippen LogP contribution in [0.3, 0.4) is 0 Å². The SMILES string of the molecule is CC.Cc1cccnc1.Cc1ccnc(C)c1. The highest BCUT2D eigenvalue weighted by Gasteiger charge is 1.82. The molecule has 17 heavy (non-hydrogen) atoms. The Morgan fingerprint density at radius 3 is 1.88 bits per heavy atom. The summed E-state index contributed by atoms with van der Waals surface area (Å²) in [6.45, 7) is 10.1. The average Bonchev–Trinajstić information content (AvgIpc) is 2.33. The van der Waals surface area contributed by atoms with Crippen LogP contribution in [0.15, 0.2) is 42.9 Å². The van der Waals surface area contributed by atoms with Gasteiger partial charge in [0, 0.05) is 24.3 Å². The summed E-state index contributed by atoms with van der Waals surface area (Å²) in [6, 6.07) is 8.00. The van der Waals surface area contributed by atoms with Gasteiger partial charge in [0.15, 0.2) is 0 Å². The monoisotopic (exact) mass is 230 g/mol. The highest BCUT2D eigenvalue weighted by atomic mass is 14.6. The minimum atomic E-state index is 1.09. The van der Waals surface area contributed by atoms with Crippen LogP contribution in [-0.4, -0.2) is 9.97 Å². The lowest BCUT2D eigenvalue weighted by Crippen LogP contribution is -1.78. The molecule has 2 nitrogen and oxygen atoms in total. The van der Waals surface area contributed by atoms with Gasteiger partial charge >= 0.3 is 0 Å². The Morgan fingerprint density at radius 2 is 1.59 bits per heavy atom. The Hall–Kier alpha value is -1.70. The largest absolute Gasteiger partial charge is 0.264 e. The maximum Gasteiger partial charge on any atom is 0.0375 e. The molecule has 0 spiro atoms. The van der Waals surface area contributed by atoms with E-state index in [1.54, 1.807) is 6.20 Å². The zero-order valence-electron chi connectivity index (χ0n) is 11.4. The van der Waals surface area contributed by atoms with E-state index in [-0.39, 0.29) is 0 Å². The van der Waals surface area contributed by atoms with Gasteiger partial charge in [0.2, 0.25) is 0 Å². The van der Waals surface area contributed by atoms with E-state index in [0.29, 0.717) is 0 Å². The van der Waals surface area contributed by atoms with Crippen LogP contribution in [0.5, 0.6) is 0 Å². The molecule has 2 aromatic rings. The quantitative estimate of drug-likeness (QED) is 0.680. The van der Waals surface area contributed by atoms with E-state index in [0.717, 1.165) is 5.69 Å². The maximum atomic E-state index is 4.04. The fraction of sp³-hybridized carbons (Fsp3) is 0.333. The Morgan fingerprint density at radius 1 is 0.882 bits per heavy atom. The highest BCUT2D eigenvalue weighted by molar-refractivity contribution is 5.12. The summed E-state index contributed by atoms with van der Waals surface area (Å²) in [6.07, 6.45) is 5.43. The molecule has 0 radical (unpaired) electrons. The molecule has 0 aromatic carbocycles. The minimum Gasteiger partial charge on any atom is -0.264 e. The molecule has 0 atom stereocenters. The van der Waals surface area contributed by atoms with Crippen LogP contribution in [0.4, 0.5) is 0 Å². The summed E-state index contributed by atoms with van der Waals surface area (Å²) in [5.74, 6) is 0. The zero-order chi connectivity index (χ0) is 13.1. The minimum absolute atomic E-state index is 1.09. The van der Waals surface area contributed by atoms with Crippen LogP contribution in [0.2, 0.25) is 0 Å². The van der Waals surface area contributed by atoms with Crippen LogP contribution in [0.25, 0.3) is 0 Å². The number of pyridine rings is 2. The highest BCUT2D eigenvalue weighted by Crippen LogP contribution is 1.95. The van der Waals surface area contributed by atoms with Crippen LogP contribution < -0.4 is 0 Å². The summed E-state index contributed by atoms with van der Waals surface area (Å²) in [4.78, 5) is 7.92. The van der Waals surface area contributed by atoms with E-state index < -0.39 is 0 Å². The second-order valence-corrected chi connectivity index (χ2v) is 3.50. The average molecular weight is 230 g/mol. The second kappa shape index (κ2) is 9.52. The molecular weight excluding hydrogens is 208 g/mol. The fourth-order valence-corrected chi connectivity index (χ4v) is 1.14. The Bertz CT molecular complexity index is 379. The van der Waals surface area contributed by atoms with E-state index in [4.69, 9.17) is 0 Å². The van der Waals surface area contributed by atoms with Crippen molar-refractivity contribution < 1.29 is 0 Å². The van der Waals surface area contributed by atoms with E-state index in [2.05, 4.69) is 23.0 Å². The van der Waals surface area contributed by atoms with Gasteiger partial charge in [-0.25, -0.2) is 0 Å². The topological polar surface area (TPSA) is 25.8 Å². The summed E-state index contributed by atoms with van der Waals surface area (Å²) < 4.78 is 0. The van der Waals surface area contributed by atoms with Crippen LogP contribution in [0, 0.1) is 20.8 Å². The lowest BCUT2D eigenvalue weighted by atomic mass is 10.3. The molecule has 2 heteroatoms. The molecule has 0 saturated heterocycles. The first kappa shape index (κ1) is 15.3. The van der Waals surface area contributed by atoms with E-state index in [1.165, 1.54) is 11.1 Å². The van der Waals surface area contributed by atoms with Crippen molar-refractivity contribution in [3.05, 3.63) is 59.7 Å². The van der Waals surface area contributed by atoms with Gasteiger partial charge in [-0.1, -0.05) is 19.9 Å². The maximum absolute atomic E-state index is 4.04. The molecule has 2 rings (SSSR count). The Kier molecular flexibility index (Phi) is 8.57. The van der Waals surface area contributed by atoms with Crippen molar-refractivity contribution in [1.82, 2.24) is 9.97 Å². The van der Waals surface area contributed by atoms with Crippen LogP contribution in [-0.2, 0) is 0 Å². The Labute approximate surface area is 105 Å². The van der Waals surface area contributed by atoms with E-state index in [9.17, 15) is 0 Å². The molecule has 0 fully saturated rings. The zero-order valence-corrected chi connectivity index (χ0v) is 11.4. The first-order valence-electron chi connectivity index (χ1n) is 5.94. The molecule has 0 aliphatic heterocycles. The number of hydrogen-bond acceptors (Lipinski definition) is 2. The number of aryl methyl sites for hydroxylation is 3. The molecule has 92 valence electrons. The van der Waals surface area contributed by atoms with Gasteiger partial charge in [-0.05, 0) is 50.1 Å². The third-order valence-electron chi connectivity index (χ3n) is 1.86. The fourth-order valence-electron chi connectivity index (χ4n) is 1.14. The molecule has 0 unspecified atom stereocenters. The molecule has 0 aliphatic carbocycles. The summed E-state index contributed by atoms with van der Waals surface area (Å²) in [7, 11) is 0. The first-order chi connectivity index (χ1) is 8.18. The van der Waals surface area contributed by atoms with Crippen molar-refractivity contribution in [2.45, 2.75) is 34.6 Å². The van der Waals surface area contributed by atoms with Gasteiger partial charge < -0.3 is 0 Å². The number of rotatable bonds is 0. The van der Waals surface area contributed by atoms with Crippen molar-refractivity contribution in [1.29, 1.82) is 0 Å². The number of hydrogen-bond donors (Lipinski definition) is 0. The molecule has 2 aromatic heterocycles. The van der Waals surface area contributed by atoms with Gasteiger partial charge in [0.05, 0.1) is 0 Å². The van der Waals surface area contributed by atoms with Crippen LogP contribution >= 0.6 is 0 Å². The van der Waals surface area contributed by atoms with Gasteiger partial charge in [0.1, 0.15) is 0 Å². The third-order valence-corrected chi connectivity index (χ3v) is 1.86. The molecule has 0 aliphatic rings. The predicted molar refractivity (Wildman–Crippen MR) is 74.0 cm³/mol. The van der Waals surface area contributed by atoms with Gasteiger partial charge in [-0.15, -0.1) is 0 Å². The standard InChI is InChI=1S/C7H9N.C6H7N.C2H6/c1-6-3-4-8-7(2)5-6;1-6-3-2-4-7-5-6;1-2/h3-5H,1-2H3;2-5H,1H3;1-2H3. The predicted octanol–water partition coefficient (Wildman–Crippen LogP) is 4.11. The van der Waals surface area contributed by atoms with E-state index in [1.807, 2.05) is 58.3 Å². The first-order valence-corrected chi connectivity index (χ1v) is 5.94. The normalized spacial score (nSPS) is 8.29. The second-order valence-electron chi connectivity index (χ2n) is 3.50. The third kappa shape index (κ3) is 8.14. The van der Waals surface area contributed by atoms with Crippen LogP contribution in [0.1, 0.15) is 30.7 Å². The van der Waals surface area contributed by atoms with Gasteiger partial charge in [-0.3, -0.25) is 9.97 Å². The summed E-state index contributed by atoms with van der Waals surface area (Å²) >= 11 is 0. The molecule has 0 amide bonds. The lowest BCUT2D eigenvalue weighted by Gasteiger charge is -1.90. The molecule has 0 N–H and O–H groups in total. The van der Waals surface area contributed by atoms with Crippen molar-refractivity contribution in [2.24, 2.45) is 0 Å². The number of nitrogens with zero attached hydrogens (tertiary/aromatic N) is 2. The van der Waals surface area contributed by atoms with Crippen molar-refractivity contribution in [3.63, 3.8) is 0 Å². The summed E-state index contributed by atoms with van der Waals surface area (Å²) in [5.41, 5.74) is 3.57. The Balaban J connectivity index is 0.000000265. The van der Waals surface area contributed by atoms with Crippen molar-refractivity contribution >= 4 is 0 Å². The van der Waals surface area contributed by atoms with Gasteiger partial charge in [-0.2, -0.15) is 0 Å². The number of aromatic nitrogens is 2. The van der Waals surface area contributed by atoms with E-state index >= 15 is 0 Å². The van der Waals surface area contributed by atoms with Gasteiger partial charge in [0.25, 0.3) is 0 Å². The smallest absolute Gasteiger partial charge is 0.0375 e. The lowest BCUT2D eigenvalue weighted by molar-refractivity contribution is 1.18. The summed E-state index contributed by atoms with van der Waals surface area (Å²) in [5, 5.41) is 0. The van der Waals surface area contributed by atoms with Crippen molar-refractivity contribution in [3.8, 4) is 0 Å². The molecule has 0 saturated carbocycles. The molecular formula is C15H22N2. The molecule has 0 bridgehead atoms.